The number of furan rings is 1. The van der Waals surface area contributed by atoms with Crippen LogP contribution in [0, 0.1) is 0 Å². The summed E-state index contributed by atoms with van der Waals surface area (Å²) >= 11 is 0. The number of anilines is 2. The van der Waals surface area contributed by atoms with Crippen LogP contribution in [0.5, 0.6) is 5.75 Å². The maximum Gasteiger partial charge on any atom is 0.291 e. The molecular formula is C26H20N4O5S. The summed E-state index contributed by atoms with van der Waals surface area (Å²) < 4.78 is 38.7. The first-order valence-corrected chi connectivity index (χ1v) is 12.4. The zero-order valence-electron chi connectivity index (χ0n) is 18.8. The molecule has 0 saturated carbocycles. The van der Waals surface area contributed by atoms with Crippen LogP contribution in [0.4, 0.5) is 11.6 Å². The number of carbonyl (C=O) groups excluding carboxylic acids is 1. The molecule has 2 N–H and O–H groups in total. The Morgan fingerprint density at radius 2 is 1.61 bits per heavy atom. The molecule has 0 aliphatic rings. The van der Waals surface area contributed by atoms with E-state index in [4.69, 9.17) is 9.15 Å². The molecule has 2 aromatic heterocycles. The summed E-state index contributed by atoms with van der Waals surface area (Å²) in [6.45, 7) is 0.163. The molecule has 36 heavy (non-hydrogen) atoms. The third kappa shape index (κ3) is 5.34. The number of rotatable bonds is 8. The Kier molecular flexibility index (Phi) is 6.33. The van der Waals surface area contributed by atoms with Crippen molar-refractivity contribution in [1.29, 1.82) is 0 Å². The predicted octanol–water partition coefficient (Wildman–Crippen LogP) is 4.85. The molecular weight excluding hydrogens is 480 g/mol. The maximum atomic E-state index is 12.6. The van der Waals surface area contributed by atoms with Gasteiger partial charge in [0.1, 0.15) is 18.1 Å². The topological polar surface area (TPSA) is 123 Å². The van der Waals surface area contributed by atoms with Crippen LogP contribution in [0.1, 0.15) is 16.3 Å². The highest BCUT2D eigenvalue weighted by Crippen LogP contribution is 2.22. The van der Waals surface area contributed by atoms with Crippen LogP contribution in [0.15, 0.2) is 107 Å². The molecule has 9 nitrogen and oxygen atoms in total. The van der Waals surface area contributed by atoms with Crippen molar-refractivity contribution in [2.24, 2.45) is 0 Å². The summed E-state index contributed by atoms with van der Waals surface area (Å²) in [4.78, 5) is 20.3. The van der Waals surface area contributed by atoms with E-state index < -0.39 is 15.9 Å². The number of nitrogens with one attached hydrogen (secondary N) is 2. The Bertz CT molecular complexity index is 1620. The molecule has 0 bridgehead atoms. The summed E-state index contributed by atoms with van der Waals surface area (Å²) in [5.74, 6) is 0.779. The fourth-order valence-corrected chi connectivity index (χ4v) is 4.39. The van der Waals surface area contributed by atoms with E-state index in [1.807, 2.05) is 42.5 Å². The molecule has 0 aliphatic carbocycles. The van der Waals surface area contributed by atoms with Crippen molar-refractivity contribution in [3.63, 3.8) is 0 Å². The van der Waals surface area contributed by atoms with Crippen molar-refractivity contribution < 1.29 is 22.4 Å². The van der Waals surface area contributed by atoms with E-state index in [1.165, 1.54) is 36.7 Å². The third-order valence-electron chi connectivity index (χ3n) is 5.20. The molecule has 0 saturated heterocycles. The fraction of sp³-hybridized carbons (Fsp3) is 0.0385. The fourth-order valence-electron chi connectivity index (χ4n) is 3.43. The van der Waals surface area contributed by atoms with E-state index in [0.717, 1.165) is 10.8 Å². The van der Waals surface area contributed by atoms with Crippen LogP contribution >= 0.6 is 0 Å². The second kappa shape index (κ2) is 9.88. The minimum absolute atomic E-state index is 0.000855. The molecule has 0 atom stereocenters. The molecule has 3 aromatic carbocycles. The number of carbonyl (C=O) groups is 1. The van der Waals surface area contributed by atoms with Crippen LogP contribution in [0.3, 0.4) is 0 Å². The van der Waals surface area contributed by atoms with Crippen molar-refractivity contribution in [2.75, 3.05) is 10.0 Å². The van der Waals surface area contributed by atoms with Crippen molar-refractivity contribution >= 4 is 38.3 Å². The van der Waals surface area contributed by atoms with Gasteiger partial charge < -0.3 is 14.5 Å². The van der Waals surface area contributed by atoms with Gasteiger partial charge in [-0.25, -0.2) is 23.1 Å². The predicted molar refractivity (Wildman–Crippen MR) is 134 cm³/mol. The summed E-state index contributed by atoms with van der Waals surface area (Å²) in [6.07, 6.45) is 2.86. The third-order valence-corrected chi connectivity index (χ3v) is 6.55. The summed E-state index contributed by atoms with van der Waals surface area (Å²) in [5.41, 5.74) is 0.403. The smallest absolute Gasteiger partial charge is 0.291 e. The summed E-state index contributed by atoms with van der Waals surface area (Å²) in [7, 11) is -3.87. The molecule has 0 spiro atoms. The number of ether oxygens (including phenoxy) is 1. The lowest BCUT2D eigenvalue weighted by Gasteiger charge is -2.08. The minimum atomic E-state index is -3.87. The molecule has 5 rings (SSSR count). The van der Waals surface area contributed by atoms with E-state index >= 15 is 0 Å². The molecule has 0 aliphatic heterocycles. The summed E-state index contributed by atoms with van der Waals surface area (Å²) in [6, 6.07) is 24.3. The molecule has 2 heterocycles. The first-order valence-electron chi connectivity index (χ1n) is 10.9. The van der Waals surface area contributed by atoms with Gasteiger partial charge >= 0.3 is 0 Å². The van der Waals surface area contributed by atoms with Gasteiger partial charge in [-0.2, -0.15) is 0 Å². The number of nitrogens with zero attached hydrogens (tertiary/aromatic N) is 2. The highest BCUT2D eigenvalue weighted by atomic mass is 32.2. The maximum absolute atomic E-state index is 12.6. The van der Waals surface area contributed by atoms with Crippen molar-refractivity contribution in [2.45, 2.75) is 11.5 Å². The normalized spacial score (nSPS) is 11.2. The van der Waals surface area contributed by atoms with Gasteiger partial charge in [0.15, 0.2) is 5.76 Å². The van der Waals surface area contributed by atoms with Gasteiger partial charge in [0.2, 0.25) is 5.95 Å². The Hall–Kier alpha value is -4.70. The average Bonchev–Trinajstić information content (AvgIpc) is 3.37. The van der Waals surface area contributed by atoms with E-state index in [0.29, 0.717) is 17.2 Å². The van der Waals surface area contributed by atoms with Crippen molar-refractivity contribution in [3.8, 4) is 5.75 Å². The monoisotopic (exact) mass is 500 g/mol. The number of hydrogen-bond donors (Lipinski definition) is 2. The SMILES string of the molecule is O=C(Nc1ccc(S(=O)(=O)Nc2ncccn2)cc1)c1ccc(COc2ccc3ccccc3c2)o1. The number of fused-ring (bicyclic) bond motifs is 1. The van der Waals surface area contributed by atoms with Gasteiger partial charge in [0, 0.05) is 18.1 Å². The van der Waals surface area contributed by atoms with E-state index in [1.54, 1.807) is 18.2 Å². The lowest BCUT2D eigenvalue weighted by atomic mass is 10.1. The molecule has 1 amide bonds. The van der Waals surface area contributed by atoms with Crippen LogP contribution in [-0.2, 0) is 16.6 Å². The zero-order valence-corrected chi connectivity index (χ0v) is 19.6. The van der Waals surface area contributed by atoms with Gasteiger partial charge in [-0.05, 0) is 65.4 Å². The van der Waals surface area contributed by atoms with Gasteiger partial charge in [0.25, 0.3) is 15.9 Å². The largest absolute Gasteiger partial charge is 0.486 e. The Morgan fingerprint density at radius 3 is 2.39 bits per heavy atom. The number of sulfonamides is 1. The standard InChI is InChI=1S/C26H20N4O5S/c31-25(29-20-7-11-23(12-8-20)36(32,33)30-26-27-14-3-15-28-26)24-13-10-22(35-24)17-34-21-9-6-18-4-1-2-5-19(18)16-21/h1-16H,17H2,(H,29,31)(H,27,28,30). The second-order valence-corrected chi connectivity index (χ2v) is 9.40. The quantitative estimate of drug-likeness (QED) is 0.312. The Balaban J connectivity index is 1.19. The van der Waals surface area contributed by atoms with Crippen LogP contribution in [0.2, 0.25) is 0 Å². The van der Waals surface area contributed by atoms with E-state index in [9.17, 15) is 13.2 Å². The molecule has 0 radical (unpaired) electrons. The number of benzene rings is 3. The lowest BCUT2D eigenvalue weighted by Crippen LogP contribution is -2.15. The molecule has 10 heteroatoms. The zero-order chi connectivity index (χ0) is 25.0. The van der Waals surface area contributed by atoms with Gasteiger partial charge in [-0.1, -0.05) is 30.3 Å². The number of aromatic nitrogens is 2. The average molecular weight is 501 g/mol. The Labute approximate surface area is 206 Å². The van der Waals surface area contributed by atoms with Crippen LogP contribution in [0.25, 0.3) is 10.8 Å². The van der Waals surface area contributed by atoms with Gasteiger partial charge in [-0.15, -0.1) is 0 Å². The Morgan fingerprint density at radius 1 is 0.861 bits per heavy atom. The first-order chi connectivity index (χ1) is 17.5. The highest BCUT2D eigenvalue weighted by Gasteiger charge is 2.17. The summed E-state index contributed by atoms with van der Waals surface area (Å²) in [5, 5.41) is 4.87. The molecule has 5 aromatic rings. The van der Waals surface area contributed by atoms with Gasteiger partial charge in [-0.3, -0.25) is 4.79 Å². The van der Waals surface area contributed by atoms with Gasteiger partial charge in [0.05, 0.1) is 4.90 Å². The number of amides is 1. The molecule has 180 valence electrons. The van der Waals surface area contributed by atoms with Crippen LogP contribution in [-0.4, -0.2) is 24.3 Å². The number of hydrogen-bond acceptors (Lipinski definition) is 7. The van der Waals surface area contributed by atoms with E-state index in [-0.39, 0.29) is 23.2 Å². The van der Waals surface area contributed by atoms with E-state index in [2.05, 4.69) is 20.0 Å². The van der Waals surface area contributed by atoms with Crippen molar-refractivity contribution in [3.05, 3.63) is 109 Å². The minimum Gasteiger partial charge on any atom is -0.486 e. The molecule has 0 fully saturated rings. The highest BCUT2D eigenvalue weighted by molar-refractivity contribution is 7.92. The molecule has 0 unspecified atom stereocenters. The second-order valence-electron chi connectivity index (χ2n) is 7.72. The van der Waals surface area contributed by atoms with Crippen LogP contribution < -0.4 is 14.8 Å². The van der Waals surface area contributed by atoms with Crippen molar-refractivity contribution in [1.82, 2.24) is 9.97 Å². The lowest BCUT2D eigenvalue weighted by molar-refractivity contribution is 0.0992. The first kappa shape index (κ1) is 23.1.